The Balaban J connectivity index is 1.91. The summed E-state index contributed by atoms with van der Waals surface area (Å²) in [4.78, 5) is 0. The summed E-state index contributed by atoms with van der Waals surface area (Å²) >= 11 is 0. The van der Waals surface area contributed by atoms with E-state index in [2.05, 4.69) is 113 Å². The average molecular weight is 594 g/mol. The van der Waals surface area contributed by atoms with Gasteiger partial charge in [-0.25, -0.2) is 0 Å². The summed E-state index contributed by atoms with van der Waals surface area (Å²) in [6.45, 7) is 11.4. The monoisotopic (exact) mass is 593 g/mol. The minimum absolute atomic E-state index is 1.11. The molecule has 3 aromatic carbocycles. The van der Waals surface area contributed by atoms with Gasteiger partial charge in [0.15, 0.2) is 7.05 Å². The normalized spacial score (nSPS) is 12.2. The molecule has 0 aliphatic heterocycles. The fraction of sp³-hybridized carbons (Fsp3) is 0.524. The maximum atomic E-state index is 5.18. The van der Waals surface area contributed by atoms with E-state index in [1.165, 1.54) is 118 Å². The van der Waals surface area contributed by atoms with Crippen LogP contribution < -0.4 is 0 Å². The highest BCUT2D eigenvalue weighted by atomic mass is 15.2. The second-order valence-electron chi connectivity index (χ2n) is 12.8. The molecule has 0 heterocycles. The van der Waals surface area contributed by atoms with Crippen LogP contribution in [-0.2, 0) is 25.7 Å². The number of allylic oxidation sites excluding steroid dienone is 1. The number of unbranched alkanes of at least 4 members (excludes halogenated alkanes) is 8. The predicted octanol–water partition coefficient (Wildman–Crippen LogP) is 13.1. The van der Waals surface area contributed by atoms with Crippen molar-refractivity contribution in [3.05, 3.63) is 94.2 Å². The topological polar surface area (TPSA) is 15.4 Å². The van der Waals surface area contributed by atoms with Gasteiger partial charge in [0.25, 0.3) is 0 Å². The van der Waals surface area contributed by atoms with Crippen LogP contribution in [0, 0.1) is 0 Å². The van der Waals surface area contributed by atoms with Gasteiger partial charge in [-0.3, -0.25) is 0 Å². The van der Waals surface area contributed by atoms with Gasteiger partial charge in [-0.05, 0) is 108 Å². The highest BCUT2D eigenvalue weighted by Gasteiger charge is 2.14. The number of nitrogens with zero attached hydrogens (tertiary/aromatic N) is 2. The molecule has 0 saturated heterocycles. The highest BCUT2D eigenvalue weighted by molar-refractivity contribution is 5.70. The molecule has 2 nitrogen and oxygen atoms in total. The van der Waals surface area contributed by atoms with Gasteiger partial charge in [-0.1, -0.05) is 132 Å². The van der Waals surface area contributed by atoms with Gasteiger partial charge in [0.2, 0.25) is 5.70 Å². The van der Waals surface area contributed by atoms with Crippen molar-refractivity contribution in [3.8, 4) is 11.1 Å². The summed E-state index contributed by atoms with van der Waals surface area (Å²) in [6, 6.07) is 22.6. The van der Waals surface area contributed by atoms with Gasteiger partial charge in [0, 0.05) is 13.0 Å². The minimum atomic E-state index is 1.11. The molecule has 0 N–H and O–H groups in total. The van der Waals surface area contributed by atoms with Crippen molar-refractivity contribution < 1.29 is 4.70 Å². The van der Waals surface area contributed by atoms with Gasteiger partial charge in [0.05, 0.1) is 0 Å². The van der Waals surface area contributed by atoms with Crippen LogP contribution in [0.15, 0.2) is 71.5 Å². The Kier molecular flexibility index (Phi) is 16.2. The maximum Gasteiger partial charge on any atom is 0.205 e. The molecule has 0 saturated carbocycles. The molecule has 44 heavy (non-hydrogen) atoms. The van der Waals surface area contributed by atoms with Crippen LogP contribution in [0.1, 0.15) is 139 Å². The first-order valence-corrected chi connectivity index (χ1v) is 18.0. The molecular formula is C42H61N2+. The highest BCUT2D eigenvalue weighted by Crippen LogP contribution is 2.30. The quantitative estimate of drug-likeness (QED) is 0.0703. The van der Waals surface area contributed by atoms with E-state index in [0.29, 0.717) is 0 Å². The van der Waals surface area contributed by atoms with E-state index in [4.69, 9.17) is 5.11 Å². The number of aryl methyl sites for hydroxylation is 3. The molecule has 0 radical (unpaired) electrons. The van der Waals surface area contributed by atoms with Crippen molar-refractivity contribution in [1.29, 1.82) is 0 Å². The fourth-order valence-corrected chi connectivity index (χ4v) is 6.18. The van der Waals surface area contributed by atoms with Crippen LogP contribution in [-0.4, -0.2) is 11.7 Å². The maximum absolute atomic E-state index is 5.18. The summed E-state index contributed by atoms with van der Waals surface area (Å²) < 4.78 is 2.08. The summed E-state index contributed by atoms with van der Waals surface area (Å²) in [5.74, 6) is 0. The van der Waals surface area contributed by atoms with E-state index in [0.717, 1.165) is 24.2 Å². The van der Waals surface area contributed by atoms with E-state index in [1.807, 2.05) is 0 Å². The van der Waals surface area contributed by atoms with Crippen LogP contribution in [0.2, 0.25) is 0 Å². The summed E-state index contributed by atoms with van der Waals surface area (Å²) in [7, 11) is 2.10. The van der Waals surface area contributed by atoms with Crippen molar-refractivity contribution in [3.63, 3.8) is 0 Å². The first-order valence-electron chi connectivity index (χ1n) is 18.0. The van der Waals surface area contributed by atoms with Crippen LogP contribution in [0.5, 0.6) is 0 Å². The third-order valence-corrected chi connectivity index (χ3v) is 8.96. The third-order valence-electron chi connectivity index (χ3n) is 8.96. The van der Waals surface area contributed by atoms with Gasteiger partial charge in [-0.2, -0.15) is 0 Å². The minimum Gasteiger partial charge on any atom is -0.0909 e. The molecule has 0 aromatic heterocycles. The molecule has 0 aliphatic carbocycles. The molecular weight excluding hydrogens is 532 g/mol. The number of rotatable bonds is 20. The molecule has 0 unspecified atom stereocenters. The van der Waals surface area contributed by atoms with Crippen molar-refractivity contribution in [2.75, 3.05) is 7.05 Å². The Labute approximate surface area is 270 Å². The number of azo groups is 2. The Bertz CT molecular complexity index is 1320. The van der Waals surface area contributed by atoms with E-state index in [9.17, 15) is 0 Å². The van der Waals surface area contributed by atoms with Gasteiger partial charge >= 0.3 is 0 Å². The smallest absolute Gasteiger partial charge is 0.0909 e. The number of hydrogen-bond donors (Lipinski definition) is 0. The van der Waals surface area contributed by atoms with E-state index < -0.39 is 0 Å². The molecule has 0 aliphatic rings. The zero-order valence-electron chi connectivity index (χ0n) is 29.1. The lowest BCUT2D eigenvalue weighted by molar-refractivity contribution is -0.510. The van der Waals surface area contributed by atoms with E-state index in [-0.39, 0.29) is 0 Å². The van der Waals surface area contributed by atoms with Crippen LogP contribution >= 0.6 is 0 Å². The zero-order valence-corrected chi connectivity index (χ0v) is 29.1. The van der Waals surface area contributed by atoms with E-state index >= 15 is 0 Å². The zero-order chi connectivity index (χ0) is 31.6. The number of hydrogen-bond acceptors (Lipinski definition) is 1. The first kappa shape index (κ1) is 35.5. The van der Waals surface area contributed by atoms with Crippen molar-refractivity contribution in [2.45, 2.75) is 137 Å². The van der Waals surface area contributed by atoms with Crippen molar-refractivity contribution >= 4 is 11.8 Å². The standard InChI is InChI=1S/C42H61N2/c1-7-11-15-16-17-19-26-39-33-40(32-38(23-13-9-3)41(39)27-14-10-4)43-44(6)34(5)30-35-28-29-42(36-24-20-18-21-25-36)37(31-35)22-12-8-2/h18,20-21,24-25,28-33H,7-17,19,22-23,26-27H2,1-6H3/q+1. The van der Waals surface area contributed by atoms with Crippen molar-refractivity contribution in [1.82, 2.24) is 0 Å². The van der Waals surface area contributed by atoms with E-state index in [1.54, 1.807) is 11.1 Å². The molecule has 2 heteroatoms. The van der Waals surface area contributed by atoms with Crippen LogP contribution in [0.25, 0.3) is 17.2 Å². The van der Waals surface area contributed by atoms with Gasteiger partial charge in [-0.15, -0.1) is 0 Å². The molecule has 0 bridgehead atoms. The average Bonchev–Trinajstić information content (AvgIpc) is 3.04. The Morgan fingerprint density at radius 2 is 1.18 bits per heavy atom. The Morgan fingerprint density at radius 1 is 0.614 bits per heavy atom. The lowest BCUT2D eigenvalue weighted by Crippen LogP contribution is -2.03. The molecule has 0 amide bonds. The molecule has 0 atom stereocenters. The summed E-state index contributed by atoms with van der Waals surface area (Å²) in [5.41, 5.74) is 12.3. The van der Waals surface area contributed by atoms with Gasteiger partial charge < -0.3 is 0 Å². The second-order valence-corrected chi connectivity index (χ2v) is 12.8. The predicted molar refractivity (Wildman–Crippen MR) is 193 cm³/mol. The molecule has 3 rings (SSSR count). The lowest BCUT2D eigenvalue weighted by Gasteiger charge is -2.16. The SMILES string of the molecule is CCCCCCCCc1cc(N=[N+](C)C(C)=Cc2ccc(-c3ccccc3)c(CCCC)c2)cc(CCCC)c1CCCC. The summed E-state index contributed by atoms with van der Waals surface area (Å²) in [6.07, 6.45) is 22.4. The first-order chi connectivity index (χ1) is 21.5. The molecule has 0 spiro atoms. The fourth-order valence-electron chi connectivity index (χ4n) is 6.18. The summed E-state index contributed by atoms with van der Waals surface area (Å²) in [5, 5.41) is 5.18. The number of benzene rings is 3. The van der Waals surface area contributed by atoms with Crippen molar-refractivity contribution in [2.24, 2.45) is 5.11 Å². The van der Waals surface area contributed by atoms with Gasteiger partial charge in [0.1, 0.15) is 5.69 Å². The molecule has 3 aromatic rings. The largest absolute Gasteiger partial charge is 0.205 e. The molecule has 238 valence electrons. The Hall–Kier alpha value is -3.00. The van der Waals surface area contributed by atoms with Crippen LogP contribution in [0.4, 0.5) is 5.69 Å². The third kappa shape index (κ3) is 11.5. The lowest BCUT2D eigenvalue weighted by atomic mass is 9.90. The van der Waals surface area contributed by atoms with Crippen LogP contribution in [0.3, 0.4) is 0 Å². The molecule has 0 fully saturated rings. The Morgan fingerprint density at radius 3 is 1.84 bits per heavy atom. The second kappa shape index (κ2) is 20.1.